The molecule has 0 radical (unpaired) electrons. The van der Waals surface area contributed by atoms with E-state index < -0.39 is 10.8 Å². The maximum Gasteiger partial charge on any atom is 0.162 e. The quantitative estimate of drug-likeness (QED) is 0.907. The second-order valence-corrected chi connectivity index (χ2v) is 7.30. The van der Waals surface area contributed by atoms with Gasteiger partial charge < -0.3 is 14.8 Å². The number of rotatable bonds is 5. The van der Waals surface area contributed by atoms with E-state index in [-0.39, 0.29) is 0 Å². The van der Waals surface area contributed by atoms with Gasteiger partial charge in [-0.2, -0.15) is 0 Å². The average molecular weight is 309 g/mol. The highest BCUT2D eigenvalue weighted by molar-refractivity contribution is 7.85. The first-order valence-corrected chi connectivity index (χ1v) is 9.05. The lowest BCUT2D eigenvalue weighted by Gasteiger charge is -2.20. The van der Waals surface area contributed by atoms with Crippen LogP contribution < -0.4 is 14.8 Å². The van der Waals surface area contributed by atoms with E-state index >= 15 is 0 Å². The Morgan fingerprint density at radius 3 is 2.86 bits per heavy atom. The Hall–Kier alpha value is -1.07. The Balaban J connectivity index is 1.60. The summed E-state index contributed by atoms with van der Waals surface area (Å²) in [4.78, 5) is 0.846. The third-order valence-electron chi connectivity index (χ3n) is 4.48. The molecule has 3 atom stereocenters. The van der Waals surface area contributed by atoms with E-state index in [1.807, 2.05) is 25.2 Å². The molecule has 1 fully saturated rings. The molecule has 0 spiro atoms. The van der Waals surface area contributed by atoms with Crippen molar-refractivity contribution in [3.63, 3.8) is 0 Å². The van der Waals surface area contributed by atoms with Crippen LogP contribution in [0.1, 0.15) is 25.7 Å². The SMILES string of the molecule is CNC1CCCC1CCS(=O)c1ccc2c(c1)OCCO2. The first-order chi connectivity index (χ1) is 10.3. The summed E-state index contributed by atoms with van der Waals surface area (Å²) in [6.07, 6.45) is 4.81. The van der Waals surface area contributed by atoms with Crippen LogP contribution in [-0.2, 0) is 10.8 Å². The van der Waals surface area contributed by atoms with Crippen LogP contribution in [-0.4, -0.2) is 36.3 Å². The summed E-state index contributed by atoms with van der Waals surface area (Å²) >= 11 is 0. The van der Waals surface area contributed by atoms with Crippen molar-refractivity contribution in [2.45, 2.75) is 36.6 Å². The van der Waals surface area contributed by atoms with E-state index in [1.54, 1.807) is 0 Å². The first kappa shape index (κ1) is 14.9. The summed E-state index contributed by atoms with van der Waals surface area (Å²) in [5, 5.41) is 3.38. The summed E-state index contributed by atoms with van der Waals surface area (Å²) < 4.78 is 23.5. The molecule has 0 aromatic heterocycles. The Bertz CT molecular complexity index is 520. The Morgan fingerprint density at radius 1 is 1.24 bits per heavy atom. The molecule has 0 saturated heterocycles. The Labute approximate surface area is 128 Å². The molecule has 2 aliphatic rings. The van der Waals surface area contributed by atoms with Crippen molar-refractivity contribution in [3.8, 4) is 11.5 Å². The lowest BCUT2D eigenvalue weighted by molar-refractivity contribution is 0.171. The smallest absolute Gasteiger partial charge is 0.162 e. The molecule has 1 aromatic rings. The minimum atomic E-state index is -0.958. The van der Waals surface area contributed by atoms with Crippen molar-refractivity contribution in [2.75, 3.05) is 26.0 Å². The number of benzene rings is 1. The van der Waals surface area contributed by atoms with Crippen LogP contribution in [0.3, 0.4) is 0 Å². The molecule has 3 rings (SSSR count). The van der Waals surface area contributed by atoms with Crippen LogP contribution in [0.25, 0.3) is 0 Å². The zero-order chi connectivity index (χ0) is 14.7. The van der Waals surface area contributed by atoms with Crippen molar-refractivity contribution >= 4 is 10.8 Å². The largest absolute Gasteiger partial charge is 0.486 e. The molecular weight excluding hydrogens is 286 g/mol. The van der Waals surface area contributed by atoms with Gasteiger partial charge in [-0.15, -0.1) is 0 Å². The molecule has 1 N–H and O–H groups in total. The van der Waals surface area contributed by atoms with E-state index in [2.05, 4.69) is 5.32 Å². The third kappa shape index (κ3) is 3.40. The van der Waals surface area contributed by atoms with Gasteiger partial charge in [-0.1, -0.05) is 6.42 Å². The van der Waals surface area contributed by atoms with Crippen LogP contribution in [0.15, 0.2) is 23.1 Å². The number of hydrogen-bond donors (Lipinski definition) is 1. The van der Waals surface area contributed by atoms with Gasteiger partial charge in [0.05, 0.1) is 10.8 Å². The van der Waals surface area contributed by atoms with Crippen molar-refractivity contribution in [1.29, 1.82) is 0 Å². The highest BCUT2D eigenvalue weighted by Gasteiger charge is 2.26. The van der Waals surface area contributed by atoms with Crippen molar-refractivity contribution in [1.82, 2.24) is 5.32 Å². The molecule has 0 bridgehead atoms. The maximum atomic E-state index is 12.5. The zero-order valence-corrected chi connectivity index (χ0v) is 13.3. The lowest BCUT2D eigenvalue weighted by Crippen LogP contribution is -2.29. The van der Waals surface area contributed by atoms with Crippen molar-refractivity contribution in [2.24, 2.45) is 5.92 Å². The fraction of sp³-hybridized carbons (Fsp3) is 0.625. The standard InChI is InChI=1S/C16H23NO3S/c1-17-14-4-2-3-12(14)7-10-21(18)13-5-6-15-16(11-13)20-9-8-19-15/h5-6,11-12,14,17H,2-4,7-10H2,1H3. The summed E-state index contributed by atoms with van der Waals surface area (Å²) in [5.74, 6) is 2.87. The molecule has 21 heavy (non-hydrogen) atoms. The van der Waals surface area contributed by atoms with Gasteiger partial charge in [0.15, 0.2) is 11.5 Å². The zero-order valence-electron chi connectivity index (χ0n) is 12.5. The van der Waals surface area contributed by atoms with Crippen LogP contribution >= 0.6 is 0 Å². The predicted octanol–water partition coefficient (Wildman–Crippen LogP) is 2.34. The van der Waals surface area contributed by atoms with Gasteiger partial charge in [0.2, 0.25) is 0 Å². The van der Waals surface area contributed by atoms with Gasteiger partial charge in [0.25, 0.3) is 0 Å². The fourth-order valence-electron chi connectivity index (χ4n) is 3.30. The van der Waals surface area contributed by atoms with E-state index in [4.69, 9.17) is 9.47 Å². The molecule has 1 saturated carbocycles. The molecule has 3 unspecified atom stereocenters. The first-order valence-electron chi connectivity index (χ1n) is 7.73. The summed E-state index contributed by atoms with van der Waals surface area (Å²) in [6, 6.07) is 6.23. The predicted molar refractivity (Wildman–Crippen MR) is 83.5 cm³/mol. The van der Waals surface area contributed by atoms with E-state index in [9.17, 15) is 4.21 Å². The van der Waals surface area contributed by atoms with Crippen LogP contribution in [0.5, 0.6) is 11.5 Å². The minimum Gasteiger partial charge on any atom is -0.486 e. The second-order valence-electron chi connectivity index (χ2n) is 5.73. The third-order valence-corrected chi connectivity index (χ3v) is 5.87. The van der Waals surface area contributed by atoms with Crippen LogP contribution in [0, 0.1) is 5.92 Å². The topological polar surface area (TPSA) is 47.6 Å². The van der Waals surface area contributed by atoms with Gasteiger partial charge in [-0.3, -0.25) is 4.21 Å². The highest BCUT2D eigenvalue weighted by Crippen LogP contribution is 2.33. The van der Waals surface area contributed by atoms with Gasteiger partial charge in [-0.25, -0.2) is 0 Å². The molecule has 4 nitrogen and oxygen atoms in total. The summed E-state index contributed by atoms with van der Waals surface area (Å²) in [6.45, 7) is 1.15. The van der Waals surface area contributed by atoms with Gasteiger partial charge in [0.1, 0.15) is 13.2 Å². The van der Waals surface area contributed by atoms with Crippen molar-refractivity contribution < 1.29 is 13.7 Å². The normalized spacial score (nSPS) is 25.8. The molecular formula is C16H23NO3S. The number of ether oxygens (including phenoxy) is 2. The molecule has 0 amide bonds. The maximum absolute atomic E-state index is 12.5. The lowest BCUT2D eigenvalue weighted by atomic mass is 10.0. The highest BCUT2D eigenvalue weighted by atomic mass is 32.2. The minimum absolute atomic E-state index is 0.564. The molecule has 116 valence electrons. The van der Waals surface area contributed by atoms with E-state index in [0.29, 0.717) is 25.2 Å². The molecule has 1 heterocycles. The molecule has 1 aliphatic heterocycles. The second kappa shape index (κ2) is 6.79. The number of hydrogen-bond acceptors (Lipinski definition) is 4. The Kier molecular flexibility index (Phi) is 4.80. The van der Waals surface area contributed by atoms with Gasteiger partial charge in [-0.05, 0) is 44.4 Å². The molecule has 5 heteroatoms. The monoisotopic (exact) mass is 309 g/mol. The van der Waals surface area contributed by atoms with E-state index in [0.717, 1.165) is 28.6 Å². The number of nitrogens with one attached hydrogen (secondary N) is 1. The Morgan fingerprint density at radius 2 is 2.05 bits per heavy atom. The van der Waals surface area contributed by atoms with Gasteiger partial charge in [0, 0.05) is 22.8 Å². The van der Waals surface area contributed by atoms with Gasteiger partial charge >= 0.3 is 0 Å². The molecule has 1 aromatic carbocycles. The van der Waals surface area contributed by atoms with E-state index in [1.165, 1.54) is 19.3 Å². The summed E-state index contributed by atoms with van der Waals surface area (Å²) in [7, 11) is 1.07. The summed E-state index contributed by atoms with van der Waals surface area (Å²) in [5.41, 5.74) is 0. The fourth-order valence-corrected chi connectivity index (χ4v) is 4.51. The van der Waals surface area contributed by atoms with Crippen LogP contribution in [0.4, 0.5) is 0 Å². The number of fused-ring (bicyclic) bond motifs is 1. The van der Waals surface area contributed by atoms with Crippen molar-refractivity contribution in [3.05, 3.63) is 18.2 Å². The molecule has 1 aliphatic carbocycles. The van der Waals surface area contributed by atoms with Crippen LogP contribution in [0.2, 0.25) is 0 Å². The average Bonchev–Trinajstić information content (AvgIpc) is 2.99.